The van der Waals surface area contributed by atoms with Gasteiger partial charge in [0.05, 0.1) is 5.60 Å². The number of carbonyl (C=O) groups excluding carboxylic acids is 2. The highest BCUT2D eigenvalue weighted by molar-refractivity contribution is 6.74. The standard InChI is InChI=1S/C31H59NO4Si/c1-18-28(8,9)20-29(10,11)22-19-23(32(24(22)33)25(34)35-26(2,3)4)30(12,13)21-31(14,15)36-37(16,17)27(5,6)7/h18,22-23H,1,19-21H2,2-17H3. The summed E-state index contributed by atoms with van der Waals surface area (Å²) in [6.45, 7) is 38.0. The topological polar surface area (TPSA) is 55.8 Å². The first-order valence-corrected chi connectivity index (χ1v) is 16.9. The lowest BCUT2D eigenvalue weighted by atomic mass is 9.66. The molecule has 0 aliphatic carbocycles. The zero-order chi connectivity index (χ0) is 29.6. The first kappa shape index (κ1) is 33.9. The lowest BCUT2D eigenvalue weighted by Crippen LogP contribution is -2.53. The van der Waals surface area contributed by atoms with Crippen LogP contribution < -0.4 is 0 Å². The molecule has 1 heterocycles. The van der Waals surface area contributed by atoms with E-state index in [1.54, 1.807) is 0 Å². The summed E-state index contributed by atoms with van der Waals surface area (Å²) in [7, 11) is -2.02. The maximum Gasteiger partial charge on any atom is 0.417 e. The minimum atomic E-state index is -2.02. The predicted octanol–water partition coefficient (Wildman–Crippen LogP) is 8.98. The second-order valence-electron chi connectivity index (χ2n) is 16.6. The summed E-state index contributed by atoms with van der Waals surface area (Å²) in [6.07, 6.45) is 3.55. The largest absolute Gasteiger partial charge is 0.443 e. The predicted molar refractivity (Wildman–Crippen MR) is 158 cm³/mol. The lowest BCUT2D eigenvalue weighted by Gasteiger charge is -2.47. The normalized spacial score (nSPS) is 20.9. The summed E-state index contributed by atoms with van der Waals surface area (Å²) in [5.74, 6) is -0.409. The molecule has 0 aromatic rings. The van der Waals surface area contributed by atoms with E-state index in [4.69, 9.17) is 9.16 Å². The Labute approximate surface area is 230 Å². The Morgan fingerprint density at radius 3 is 1.81 bits per heavy atom. The minimum absolute atomic E-state index is 0.0906. The van der Waals surface area contributed by atoms with Crippen LogP contribution in [0.15, 0.2) is 12.7 Å². The SMILES string of the molecule is C=CC(C)(C)CC(C)(C)C1CC(C(C)(C)CC(C)(C)O[Si](C)(C)C(C)(C)C)N(C(=O)OC(C)(C)C)C1=O. The molecule has 6 heteroatoms. The van der Waals surface area contributed by atoms with Crippen molar-refractivity contribution in [3.8, 4) is 0 Å². The van der Waals surface area contributed by atoms with E-state index in [1.807, 2.05) is 26.8 Å². The summed E-state index contributed by atoms with van der Waals surface area (Å²) in [6, 6.07) is -0.284. The van der Waals surface area contributed by atoms with E-state index in [1.165, 1.54) is 4.90 Å². The van der Waals surface area contributed by atoms with E-state index in [0.29, 0.717) is 6.42 Å². The summed E-state index contributed by atoms with van der Waals surface area (Å²) in [4.78, 5) is 29.0. The van der Waals surface area contributed by atoms with Gasteiger partial charge < -0.3 is 9.16 Å². The van der Waals surface area contributed by atoms with Gasteiger partial charge >= 0.3 is 6.09 Å². The molecule has 1 aliphatic heterocycles. The van der Waals surface area contributed by atoms with E-state index in [0.717, 1.165) is 12.8 Å². The third-order valence-electron chi connectivity index (χ3n) is 8.42. The highest BCUT2D eigenvalue weighted by Crippen LogP contribution is 2.51. The third kappa shape index (κ3) is 8.68. The van der Waals surface area contributed by atoms with Crippen molar-refractivity contribution in [1.29, 1.82) is 0 Å². The second-order valence-corrected chi connectivity index (χ2v) is 21.4. The zero-order valence-corrected chi connectivity index (χ0v) is 28.1. The number of hydrogen-bond acceptors (Lipinski definition) is 4. The number of imide groups is 1. The van der Waals surface area contributed by atoms with Crippen LogP contribution in [0.4, 0.5) is 4.79 Å². The molecule has 0 spiro atoms. The molecule has 1 rings (SSSR count). The second kappa shape index (κ2) is 10.4. The van der Waals surface area contributed by atoms with Crippen LogP contribution in [0.25, 0.3) is 0 Å². The average Bonchev–Trinajstić information content (AvgIpc) is 2.95. The van der Waals surface area contributed by atoms with Crippen LogP contribution in [0.5, 0.6) is 0 Å². The van der Waals surface area contributed by atoms with Crippen molar-refractivity contribution in [1.82, 2.24) is 4.90 Å². The molecule has 0 N–H and O–H groups in total. The summed E-state index contributed by atoms with van der Waals surface area (Å²) >= 11 is 0. The fourth-order valence-corrected chi connectivity index (χ4v) is 7.83. The molecule has 0 bridgehead atoms. The van der Waals surface area contributed by atoms with E-state index < -0.39 is 25.6 Å². The van der Waals surface area contributed by atoms with Gasteiger partial charge in [-0.2, -0.15) is 0 Å². The quantitative estimate of drug-likeness (QED) is 0.217. The molecule has 1 aliphatic rings. The van der Waals surface area contributed by atoms with Crippen LogP contribution in [0.1, 0.15) is 116 Å². The summed E-state index contributed by atoms with van der Waals surface area (Å²) < 4.78 is 12.7. The van der Waals surface area contributed by atoms with Crippen molar-refractivity contribution in [3.63, 3.8) is 0 Å². The molecule has 2 atom stereocenters. The Morgan fingerprint density at radius 2 is 1.41 bits per heavy atom. The summed E-state index contributed by atoms with van der Waals surface area (Å²) in [5, 5.41) is 0.0906. The monoisotopic (exact) mass is 537 g/mol. The fraction of sp³-hybridized carbons (Fsp3) is 0.871. The van der Waals surface area contributed by atoms with Crippen molar-refractivity contribution in [2.75, 3.05) is 0 Å². The number of allylic oxidation sites excluding steroid dienone is 1. The van der Waals surface area contributed by atoms with Gasteiger partial charge in [-0.15, -0.1) is 6.58 Å². The fourth-order valence-electron chi connectivity index (χ4n) is 6.07. The van der Waals surface area contributed by atoms with Crippen LogP contribution in [0, 0.1) is 22.2 Å². The first-order chi connectivity index (χ1) is 16.1. The third-order valence-corrected chi connectivity index (χ3v) is 13.1. The number of carbonyl (C=O) groups is 2. The molecule has 1 fully saturated rings. The molecule has 216 valence electrons. The van der Waals surface area contributed by atoms with Gasteiger partial charge in [0.2, 0.25) is 5.91 Å². The van der Waals surface area contributed by atoms with E-state index in [9.17, 15) is 9.59 Å². The minimum Gasteiger partial charge on any atom is -0.443 e. The van der Waals surface area contributed by atoms with Crippen LogP contribution >= 0.6 is 0 Å². The van der Waals surface area contributed by atoms with Crippen molar-refractivity contribution in [3.05, 3.63) is 12.7 Å². The highest BCUT2D eigenvalue weighted by Gasteiger charge is 2.56. The Balaban J connectivity index is 3.45. The Morgan fingerprint density at radius 1 is 0.919 bits per heavy atom. The number of rotatable bonds is 9. The van der Waals surface area contributed by atoms with Gasteiger partial charge in [0.15, 0.2) is 8.32 Å². The van der Waals surface area contributed by atoms with Gasteiger partial charge in [-0.05, 0) is 88.3 Å². The average molecular weight is 538 g/mol. The van der Waals surface area contributed by atoms with Crippen LogP contribution in [-0.4, -0.2) is 42.5 Å². The number of nitrogens with zero attached hydrogens (tertiary/aromatic N) is 1. The van der Waals surface area contributed by atoms with Gasteiger partial charge in [-0.25, -0.2) is 9.69 Å². The maximum atomic E-state index is 14.0. The molecular formula is C31H59NO4Si. The van der Waals surface area contributed by atoms with Gasteiger partial charge in [-0.1, -0.05) is 68.4 Å². The Hall–Kier alpha value is -1.14. The molecule has 0 aromatic carbocycles. The van der Waals surface area contributed by atoms with Gasteiger partial charge in [-0.3, -0.25) is 4.79 Å². The summed E-state index contributed by atoms with van der Waals surface area (Å²) in [5.41, 5.74) is -1.90. The molecule has 0 radical (unpaired) electrons. The Kier molecular flexibility index (Phi) is 9.56. The number of likely N-dealkylation sites (tertiary alicyclic amines) is 1. The molecule has 2 unspecified atom stereocenters. The molecule has 5 nitrogen and oxygen atoms in total. The van der Waals surface area contributed by atoms with Crippen LogP contribution in [-0.2, 0) is 14.0 Å². The molecule has 0 saturated carbocycles. The van der Waals surface area contributed by atoms with Gasteiger partial charge in [0, 0.05) is 12.0 Å². The molecular weight excluding hydrogens is 478 g/mol. The van der Waals surface area contributed by atoms with Crippen molar-refractivity contribution in [2.24, 2.45) is 22.2 Å². The van der Waals surface area contributed by atoms with Crippen molar-refractivity contribution < 1.29 is 18.8 Å². The van der Waals surface area contributed by atoms with Gasteiger partial charge in [0.25, 0.3) is 0 Å². The van der Waals surface area contributed by atoms with E-state index in [-0.39, 0.29) is 39.2 Å². The molecule has 2 amide bonds. The van der Waals surface area contributed by atoms with Crippen molar-refractivity contribution in [2.45, 2.75) is 152 Å². The highest BCUT2D eigenvalue weighted by atomic mass is 28.4. The van der Waals surface area contributed by atoms with Gasteiger partial charge in [0.1, 0.15) is 5.60 Å². The first-order valence-electron chi connectivity index (χ1n) is 14.0. The lowest BCUT2D eigenvalue weighted by molar-refractivity contribution is -0.135. The zero-order valence-electron chi connectivity index (χ0n) is 27.1. The number of amides is 2. The molecule has 0 aromatic heterocycles. The van der Waals surface area contributed by atoms with Crippen LogP contribution in [0.3, 0.4) is 0 Å². The molecule has 37 heavy (non-hydrogen) atoms. The number of ether oxygens (including phenoxy) is 1. The van der Waals surface area contributed by atoms with Crippen LogP contribution in [0.2, 0.25) is 18.1 Å². The van der Waals surface area contributed by atoms with Crippen molar-refractivity contribution >= 4 is 20.3 Å². The number of hydrogen-bond donors (Lipinski definition) is 0. The van der Waals surface area contributed by atoms with E-state index >= 15 is 0 Å². The molecule has 1 saturated heterocycles. The van der Waals surface area contributed by atoms with E-state index in [2.05, 4.69) is 95.8 Å². The maximum absolute atomic E-state index is 14.0. The smallest absolute Gasteiger partial charge is 0.417 e. The Bertz CT molecular complexity index is 855.